The molecule has 0 unspecified atom stereocenters. The molecule has 2 amide bonds. The van der Waals surface area contributed by atoms with Gasteiger partial charge in [0.15, 0.2) is 0 Å². The Labute approximate surface area is 140 Å². The topological polar surface area (TPSA) is 58.2 Å². The predicted molar refractivity (Wildman–Crippen MR) is 96.1 cm³/mol. The lowest BCUT2D eigenvalue weighted by Gasteiger charge is -2.08. The van der Waals surface area contributed by atoms with E-state index in [1.807, 2.05) is 24.3 Å². The molecule has 2 aromatic carbocycles. The van der Waals surface area contributed by atoms with E-state index in [4.69, 9.17) is 0 Å². The third kappa shape index (κ3) is 5.45. The molecule has 0 radical (unpaired) electrons. The van der Waals surface area contributed by atoms with Gasteiger partial charge in [-0.2, -0.15) is 0 Å². The standard InChI is InChI=1S/C18H20N2O2S/c1-12(2)23-17-10-8-16(9-11-17)20-18(22)14-4-6-15(7-5-14)19-13(3)21/h4-12H,1-3H3,(H,19,21)(H,20,22). The SMILES string of the molecule is CC(=O)Nc1ccc(C(=O)Nc2ccc(SC(C)C)cc2)cc1. The summed E-state index contributed by atoms with van der Waals surface area (Å²) in [7, 11) is 0. The molecule has 2 rings (SSSR count). The number of hydrogen-bond acceptors (Lipinski definition) is 3. The molecule has 2 N–H and O–H groups in total. The minimum absolute atomic E-state index is 0.137. The van der Waals surface area contributed by atoms with E-state index in [0.29, 0.717) is 16.5 Å². The van der Waals surface area contributed by atoms with E-state index in [9.17, 15) is 9.59 Å². The van der Waals surface area contributed by atoms with Crippen LogP contribution in [0, 0.1) is 0 Å². The predicted octanol–water partition coefficient (Wildman–Crippen LogP) is 4.40. The first-order chi connectivity index (χ1) is 10.9. The molecule has 2 aromatic rings. The van der Waals surface area contributed by atoms with Crippen molar-refractivity contribution >= 4 is 35.0 Å². The quantitative estimate of drug-likeness (QED) is 0.800. The van der Waals surface area contributed by atoms with Gasteiger partial charge in [0, 0.05) is 34.0 Å². The monoisotopic (exact) mass is 328 g/mol. The maximum atomic E-state index is 12.2. The second-order valence-electron chi connectivity index (χ2n) is 5.40. The van der Waals surface area contributed by atoms with Gasteiger partial charge in [0.05, 0.1) is 0 Å². The zero-order valence-electron chi connectivity index (χ0n) is 13.4. The second-order valence-corrected chi connectivity index (χ2v) is 7.05. The Kier molecular flexibility index (Phi) is 5.82. The summed E-state index contributed by atoms with van der Waals surface area (Å²) in [6.45, 7) is 5.73. The van der Waals surface area contributed by atoms with Gasteiger partial charge >= 0.3 is 0 Å². The van der Waals surface area contributed by atoms with Crippen LogP contribution in [0.3, 0.4) is 0 Å². The lowest BCUT2D eigenvalue weighted by molar-refractivity contribution is -0.114. The number of anilines is 2. The highest BCUT2D eigenvalue weighted by atomic mass is 32.2. The van der Waals surface area contributed by atoms with Crippen LogP contribution < -0.4 is 10.6 Å². The minimum Gasteiger partial charge on any atom is -0.326 e. The van der Waals surface area contributed by atoms with Crippen molar-refractivity contribution in [3.05, 3.63) is 54.1 Å². The zero-order valence-corrected chi connectivity index (χ0v) is 14.2. The highest BCUT2D eigenvalue weighted by Gasteiger charge is 2.07. The molecule has 0 aliphatic heterocycles. The fourth-order valence-corrected chi connectivity index (χ4v) is 2.84. The molecule has 0 bridgehead atoms. The summed E-state index contributed by atoms with van der Waals surface area (Å²) in [5.74, 6) is -0.315. The Bertz CT molecular complexity index is 679. The number of rotatable bonds is 5. The molecule has 23 heavy (non-hydrogen) atoms. The minimum atomic E-state index is -0.177. The molecular formula is C18H20N2O2S. The van der Waals surface area contributed by atoms with Gasteiger partial charge in [-0.05, 0) is 48.5 Å². The highest BCUT2D eigenvalue weighted by Crippen LogP contribution is 2.24. The first-order valence-corrected chi connectivity index (χ1v) is 8.28. The molecule has 5 heteroatoms. The summed E-state index contributed by atoms with van der Waals surface area (Å²) >= 11 is 1.78. The number of carbonyl (C=O) groups excluding carboxylic acids is 2. The van der Waals surface area contributed by atoms with Crippen LogP contribution in [0.5, 0.6) is 0 Å². The smallest absolute Gasteiger partial charge is 0.255 e. The van der Waals surface area contributed by atoms with Gasteiger partial charge < -0.3 is 10.6 Å². The molecule has 4 nitrogen and oxygen atoms in total. The van der Waals surface area contributed by atoms with Gasteiger partial charge in [-0.3, -0.25) is 9.59 Å². The Morgan fingerprint density at radius 1 is 0.870 bits per heavy atom. The van der Waals surface area contributed by atoms with Crippen LogP contribution in [0.15, 0.2) is 53.4 Å². The Morgan fingerprint density at radius 2 is 1.39 bits per heavy atom. The van der Waals surface area contributed by atoms with Gasteiger partial charge in [0.2, 0.25) is 5.91 Å². The normalized spacial score (nSPS) is 10.4. The average Bonchev–Trinajstić information content (AvgIpc) is 2.49. The average molecular weight is 328 g/mol. The lowest BCUT2D eigenvalue weighted by Crippen LogP contribution is -2.12. The van der Waals surface area contributed by atoms with Crippen LogP contribution in [0.25, 0.3) is 0 Å². The van der Waals surface area contributed by atoms with E-state index in [0.717, 1.165) is 5.69 Å². The molecule has 0 saturated heterocycles. The number of nitrogens with one attached hydrogen (secondary N) is 2. The fraction of sp³-hybridized carbons (Fsp3) is 0.222. The van der Waals surface area contributed by atoms with Gasteiger partial charge in [-0.1, -0.05) is 13.8 Å². The van der Waals surface area contributed by atoms with Gasteiger partial charge in [0.25, 0.3) is 5.91 Å². The third-order valence-corrected chi connectivity index (χ3v) is 3.97. The van der Waals surface area contributed by atoms with Crippen molar-refractivity contribution < 1.29 is 9.59 Å². The van der Waals surface area contributed by atoms with E-state index < -0.39 is 0 Å². The van der Waals surface area contributed by atoms with Crippen molar-refractivity contribution in [3.8, 4) is 0 Å². The fourth-order valence-electron chi connectivity index (χ4n) is 2.00. The summed E-state index contributed by atoms with van der Waals surface area (Å²) in [6.07, 6.45) is 0. The van der Waals surface area contributed by atoms with Crippen LogP contribution >= 0.6 is 11.8 Å². The first kappa shape index (κ1) is 17.1. The second kappa shape index (κ2) is 7.83. The Hall–Kier alpha value is -2.27. The zero-order chi connectivity index (χ0) is 16.8. The van der Waals surface area contributed by atoms with Gasteiger partial charge in [-0.15, -0.1) is 11.8 Å². The summed E-state index contributed by atoms with van der Waals surface area (Å²) in [6, 6.07) is 14.6. The Morgan fingerprint density at radius 3 is 1.91 bits per heavy atom. The van der Waals surface area contributed by atoms with Crippen LogP contribution in [-0.4, -0.2) is 17.1 Å². The maximum Gasteiger partial charge on any atom is 0.255 e. The number of carbonyl (C=O) groups is 2. The van der Waals surface area contributed by atoms with Crippen molar-refractivity contribution in [1.29, 1.82) is 0 Å². The third-order valence-electron chi connectivity index (χ3n) is 2.95. The molecule has 0 fully saturated rings. The molecule has 0 aromatic heterocycles. The van der Waals surface area contributed by atoms with E-state index in [-0.39, 0.29) is 11.8 Å². The van der Waals surface area contributed by atoms with Gasteiger partial charge in [0.1, 0.15) is 0 Å². The molecule has 120 valence electrons. The van der Waals surface area contributed by atoms with Crippen molar-refractivity contribution in [2.24, 2.45) is 0 Å². The van der Waals surface area contributed by atoms with Crippen molar-refractivity contribution in [1.82, 2.24) is 0 Å². The molecular weight excluding hydrogens is 308 g/mol. The number of amides is 2. The summed E-state index contributed by atoms with van der Waals surface area (Å²) in [4.78, 5) is 24.4. The summed E-state index contributed by atoms with van der Waals surface area (Å²) < 4.78 is 0. The highest BCUT2D eigenvalue weighted by molar-refractivity contribution is 7.99. The van der Waals surface area contributed by atoms with E-state index in [1.54, 1.807) is 36.0 Å². The Balaban J connectivity index is 1.99. The van der Waals surface area contributed by atoms with E-state index in [2.05, 4.69) is 24.5 Å². The van der Waals surface area contributed by atoms with Gasteiger partial charge in [-0.25, -0.2) is 0 Å². The van der Waals surface area contributed by atoms with E-state index >= 15 is 0 Å². The van der Waals surface area contributed by atoms with Crippen molar-refractivity contribution in [2.75, 3.05) is 10.6 Å². The molecule has 0 aliphatic rings. The number of benzene rings is 2. The lowest BCUT2D eigenvalue weighted by atomic mass is 10.2. The van der Waals surface area contributed by atoms with Crippen LogP contribution in [0.1, 0.15) is 31.1 Å². The van der Waals surface area contributed by atoms with Crippen LogP contribution in [0.4, 0.5) is 11.4 Å². The number of hydrogen-bond donors (Lipinski definition) is 2. The molecule has 0 saturated carbocycles. The molecule has 0 heterocycles. The maximum absolute atomic E-state index is 12.2. The molecule has 0 atom stereocenters. The summed E-state index contributed by atoms with van der Waals surface area (Å²) in [5.41, 5.74) is 1.97. The largest absolute Gasteiger partial charge is 0.326 e. The first-order valence-electron chi connectivity index (χ1n) is 7.40. The molecule has 0 spiro atoms. The number of thioether (sulfide) groups is 1. The van der Waals surface area contributed by atoms with Crippen LogP contribution in [0.2, 0.25) is 0 Å². The van der Waals surface area contributed by atoms with Crippen molar-refractivity contribution in [3.63, 3.8) is 0 Å². The van der Waals surface area contributed by atoms with E-state index in [1.165, 1.54) is 11.8 Å². The molecule has 0 aliphatic carbocycles. The van der Waals surface area contributed by atoms with Crippen molar-refractivity contribution in [2.45, 2.75) is 30.9 Å². The van der Waals surface area contributed by atoms with Crippen LogP contribution in [-0.2, 0) is 4.79 Å². The summed E-state index contributed by atoms with van der Waals surface area (Å²) in [5, 5.41) is 6.06.